The number of primary amides is 1. The topological polar surface area (TPSA) is 60.9 Å². The third-order valence-corrected chi connectivity index (χ3v) is 2.46. The van der Waals surface area contributed by atoms with Gasteiger partial charge in [0.05, 0.1) is 5.54 Å². The van der Waals surface area contributed by atoms with E-state index in [1.807, 2.05) is 10.7 Å². The van der Waals surface area contributed by atoms with Gasteiger partial charge in [-0.2, -0.15) is 5.10 Å². The summed E-state index contributed by atoms with van der Waals surface area (Å²) >= 11 is 0. The minimum Gasteiger partial charge on any atom is -0.364 e. The summed E-state index contributed by atoms with van der Waals surface area (Å²) in [7, 11) is 0. The Morgan fingerprint density at radius 3 is 2.56 bits per heavy atom. The molecule has 1 amide bonds. The molecule has 0 bridgehead atoms. The SMILES string of the molecule is CCCCc1cc(C(N)=O)nn1C(C)(C)C. The zero-order chi connectivity index (χ0) is 12.3. The third-order valence-electron chi connectivity index (χ3n) is 2.46. The van der Waals surface area contributed by atoms with Crippen molar-refractivity contribution >= 4 is 5.91 Å². The van der Waals surface area contributed by atoms with Gasteiger partial charge in [0, 0.05) is 5.69 Å². The van der Waals surface area contributed by atoms with E-state index in [1.54, 1.807) is 0 Å². The van der Waals surface area contributed by atoms with Crippen LogP contribution in [-0.4, -0.2) is 15.7 Å². The van der Waals surface area contributed by atoms with Crippen molar-refractivity contribution in [3.8, 4) is 0 Å². The maximum absolute atomic E-state index is 11.1. The summed E-state index contributed by atoms with van der Waals surface area (Å²) in [6, 6.07) is 1.81. The maximum atomic E-state index is 11.1. The number of hydrogen-bond donors (Lipinski definition) is 1. The Morgan fingerprint density at radius 2 is 2.12 bits per heavy atom. The van der Waals surface area contributed by atoms with Gasteiger partial charge in [-0.1, -0.05) is 13.3 Å². The molecule has 4 nitrogen and oxygen atoms in total. The van der Waals surface area contributed by atoms with E-state index >= 15 is 0 Å². The first-order chi connectivity index (χ1) is 7.36. The molecule has 0 saturated carbocycles. The van der Waals surface area contributed by atoms with E-state index in [0.29, 0.717) is 5.69 Å². The summed E-state index contributed by atoms with van der Waals surface area (Å²) in [6.07, 6.45) is 3.16. The van der Waals surface area contributed by atoms with Crippen molar-refractivity contribution < 1.29 is 4.79 Å². The van der Waals surface area contributed by atoms with Gasteiger partial charge in [0.2, 0.25) is 0 Å². The third kappa shape index (κ3) is 2.84. The molecule has 16 heavy (non-hydrogen) atoms. The molecule has 2 N–H and O–H groups in total. The van der Waals surface area contributed by atoms with Crippen molar-refractivity contribution in [1.29, 1.82) is 0 Å². The molecular weight excluding hydrogens is 202 g/mol. The molecule has 0 atom stereocenters. The van der Waals surface area contributed by atoms with Crippen LogP contribution >= 0.6 is 0 Å². The Morgan fingerprint density at radius 1 is 1.50 bits per heavy atom. The fourth-order valence-electron chi connectivity index (χ4n) is 1.66. The molecule has 1 heterocycles. The van der Waals surface area contributed by atoms with Crippen molar-refractivity contribution in [1.82, 2.24) is 9.78 Å². The second-order valence-corrected chi connectivity index (χ2v) is 5.07. The average Bonchev–Trinajstić information content (AvgIpc) is 2.57. The summed E-state index contributed by atoms with van der Waals surface area (Å²) in [6.45, 7) is 8.35. The Balaban J connectivity index is 3.08. The molecule has 0 radical (unpaired) electrons. The van der Waals surface area contributed by atoms with E-state index in [2.05, 4.69) is 32.8 Å². The molecule has 0 fully saturated rings. The molecule has 0 saturated heterocycles. The van der Waals surface area contributed by atoms with Crippen LogP contribution in [0.1, 0.15) is 56.7 Å². The molecule has 1 aromatic heterocycles. The average molecular weight is 223 g/mol. The highest BCUT2D eigenvalue weighted by Gasteiger charge is 2.20. The van der Waals surface area contributed by atoms with Crippen LogP contribution in [0.2, 0.25) is 0 Å². The lowest BCUT2D eigenvalue weighted by Gasteiger charge is -2.22. The van der Waals surface area contributed by atoms with Crippen LogP contribution in [-0.2, 0) is 12.0 Å². The molecule has 0 aliphatic carbocycles. The maximum Gasteiger partial charge on any atom is 0.269 e. The lowest BCUT2D eigenvalue weighted by atomic mass is 10.1. The van der Waals surface area contributed by atoms with Gasteiger partial charge in [-0.05, 0) is 39.7 Å². The molecule has 1 rings (SSSR count). The van der Waals surface area contributed by atoms with Crippen molar-refractivity contribution in [2.24, 2.45) is 5.73 Å². The first-order valence-corrected chi connectivity index (χ1v) is 5.75. The first-order valence-electron chi connectivity index (χ1n) is 5.75. The van der Waals surface area contributed by atoms with Crippen LogP contribution in [0.4, 0.5) is 0 Å². The number of aromatic nitrogens is 2. The number of rotatable bonds is 4. The number of aryl methyl sites for hydroxylation is 1. The fraction of sp³-hybridized carbons (Fsp3) is 0.667. The zero-order valence-corrected chi connectivity index (χ0v) is 10.6. The van der Waals surface area contributed by atoms with Crippen LogP contribution < -0.4 is 5.73 Å². The van der Waals surface area contributed by atoms with Crippen LogP contribution in [0.15, 0.2) is 6.07 Å². The van der Waals surface area contributed by atoms with Gasteiger partial charge in [-0.3, -0.25) is 9.48 Å². The van der Waals surface area contributed by atoms with E-state index in [9.17, 15) is 4.79 Å². The monoisotopic (exact) mass is 223 g/mol. The molecule has 0 aromatic carbocycles. The highest BCUT2D eigenvalue weighted by atomic mass is 16.1. The Bertz CT molecular complexity index is 374. The van der Waals surface area contributed by atoms with Crippen LogP contribution in [0, 0.1) is 0 Å². The van der Waals surface area contributed by atoms with E-state index in [1.165, 1.54) is 0 Å². The van der Waals surface area contributed by atoms with Crippen LogP contribution in [0.25, 0.3) is 0 Å². The number of unbranched alkanes of at least 4 members (excludes halogenated alkanes) is 1. The predicted molar refractivity (Wildman–Crippen MR) is 64.4 cm³/mol. The summed E-state index contributed by atoms with van der Waals surface area (Å²) in [5, 5.41) is 4.28. The highest BCUT2D eigenvalue weighted by molar-refractivity contribution is 5.90. The van der Waals surface area contributed by atoms with Crippen molar-refractivity contribution in [3.05, 3.63) is 17.5 Å². The lowest BCUT2D eigenvalue weighted by Crippen LogP contribution is -2.26. The van der Waals surface area contributed by atoms with Crippen LogP contribution in [0.5, 0.6) is 0 Å². The van der Waals surface area contributed by atoms with Gasteiger partial charge in [-0.15, -0.1) is 0 Å². The molecular formula is C12H21N3O. The summed E-state index contributed by atoms with van der Waals surface area (Å²) in [5.74, 6) is -0.458. The zero-order valence-electron chi connectivity index (χ0n) is 10.6. The molecule has 0 aliphatic heterocycles. The highest BCUT2D eigenvalue weighted by Crippen LogP contribution is 2.18. The summed E-state index contributed by atoms with van der Waals surface area (Å²) in [5.41, 5.74) is 6.59. The van der Waals surface area contributed by atoms with Crippen molar-refractivity contribution in [2.45, 2.75) is 52.5 Å². The van der Waals surface area contributed by atoms with E-state index in [-0.39, 0.29) is 5.54 Å². The number of carbonyl (C=O) groups excluding carboxylic acids is 1. The van der Waals surface area contributed by atoms with Gasteiger partial charge < -0.3 is 5.73 Å². The Hall–Kier alpha value is -1.32. The van der Waals surface area contributed by atoms with Gasteiger partial charge >= 0.3 is 0 Å². The van der Waals surface area contributed by atoms with Gasteiger partial charge in [0.15, 0.2) is 0 Å². The quantitative estimate of drug-likeness (QED) is 0.849. The second-order valence-electron chi connectivity index (χ2n) is 5.07. The largest absolute Gasteiger partial charge is 0.364 e. The Labute approximate surface area is 96.8 Å². The minimum atomic E-state index is -0.458. The lowest BCUT2D eigenvalue weighted by molar-refractivity contribution is 0.0994. The first kappa shape index (κ1) is 12.7. The summed E-state index contributed by atoms with van der Waals surface area (Å²) in [4.78, 5) is 11.1. The predicted octanol–water partition coefficient (Wildman–Crippen LogP) is 2.08. The van der Waals surface area contributed by atoms with E-state index in [4.69, 9.17) is 5.73 Å². The van der Waals surface area contributed by atoms with Crippen LogP contribution in [0.3, 0.4) is 0 Å². The smallest absolute Gasteiger partial charge is 0.269 e. The fourth-order valence-corrected chi connectivity index (χ4v) is 1.66. The van der Waals surface area contributed by atoms with Gasteiger partial charge in [0.25, 0.3) is 5.91 Å². The van der Waals surface area contributed by atoms with E-state index < -0.39 is 5.91 Å². The molecule has 4 heteroatoms. The molecule has 0 aliphatic rings. The number of nitrogens with two attached hydrogens (primary N) is 1. The van der Waals surface area contributed by atoms with E-state index in [0.717, 1.165) is 25.0 Å². The van der Waals surface area contributed by atoms with Gasteiger partial charge in [-0.25, -0.2) is 0 Å². The molecule has 1 aromatic rings. The molecule has 90 valence electrons. The van der Waals surface area contributed by atoms with Crippen molar-refractivity contribution in [3.63, 3.8) is 0 Å². The van der Waals surface area contributed by atoms with Crippen molar-refractivity contribution in [2.75, 3.05) is 0 Å². The standard InChI is InChI=1S/C12H21N3O/c1-5-6-7-9-8-10(11(13)16)14-15(9)12(2,3)4/h8H,5-7H2,1-4H3,(H2,13,16). The minimum absolute atomic E-state index is 0.114. The second kappa shape index (κ2) is 4.68. The normalized spacial score (nSPS) is 11.8. The number of carbonyl (C=O) groups is 1. The molecule has 0 spiro atoms. The number of nitrogens with zero attached hydrogens (tertiary/aromatic N) is 2. The molecule has 0 unspecified atom stereocenters. The Kier molecular flexibility index (Phi) is 3.73. The summed E-state index contributed by atoms with van der Waals surface area (Å²) < 4.78 is 1.91. The number of amides is 1. The number of hydrogen-bond acceptors (Lipinski definition) is 2. The van der Waals surface area contributed by atoms with Gasteiger partial charge in [0.1, 0.15) is 5.69 Å².